The van der Waals surface area contributed by atoms with E-state index in [1.807, 2.05) is 56.6 Å². The molecular weight excluding hydrogens is 410 g/mol. The van der Waals surface area contributed by atoms with Gasteiger partial charge in [-0.15, -0.1) is 0 Å². The van der Waals surface area contributed by atoms with Crippen molar-refractivity contribution in [1.29, 1.82) is 0 Å². The van der Waals surface area contributed by atoms with Crippen molar-refractivity contribution >= 4 is 5.78 Å². The van der Waals surface area contributed by atoms with Gasteiger partial charge in [0.1, 0.15) is 0 Å². The number of Topliss-reactive ketones (excluding diaryl/α,β-unsaturated/α-hetero) is 1. The van der Waals surface area contributed by atoms with Crippen molar-refractivity contribution in [2.75, 3.05) is 0 Å². The summed E-state index contributed by atoms with van der Waals surface area (Å²) in [4.78, 5) is 26.5. The fourth-order valence-corrected chi connectivity index (χ4v) is 3.93. The fraction of sp³-hybridized carbons (Fsp3) is 0.296. The smallest absolute Gasteiger partial charge is 0.163 e. The maximum absolute atomic E-state index is 13.2. The van der Waals surface area contributed by atoms with E-state index in [2.05, 4.69) is 30.8 Å². The quantitative estimate of drug-likeness (QED) is 0.352. The molecule has 0 N–H and O–H groups in total. The first-order chi connectivity index (χ1) is 16.0. The van der Waals surface area contributed by atoms with Gasteiger partial charge >= 0.3 is 0 Å². The van der Waals surface area contributed by atoms with Crippen molar-refractivity contribution in [2.45, 2.75) is 46.1 Å². The van der Waals surface area contributed by atoms with Gasteiger partial charge in [-0.05, 0) is 74.9 Å². The molecule has 0 amide bonds. The largest absolute Gasteiger partial charge is 0.294 e. The van der Waals surface area contributed by atoms with Crippen molar-refractivity contribution in [3.05, 3.63) is 83.7 Å². The highest BCUT2D eigenvalue weighted by atomic mass is 16.1. The Bertz CT molecular complexity index is 1270. The zero-order valence-corrected chi connectivity index (χ0v) is 19.0. The van der Waals surface area contributed by atoms with E-state index >= 15 is 0 Å². The topological polar surface area (TPSA) is 73.6 Å². The lowest BCUT2D eigenvalue weighted by Crippen LogP contribution is -2.06. The van der Waals surface area contributed by atoms with E-state index in [-0.39, 0.29) is 5.78 Å². The molecule has 1 fully saturated rings. The number of hydrogen-bond donors (Lipinski definition) is 0. The zero-order valence-electron chi connectivity index (χ0n) is 19.0. The highest BCUT2D eigenvalue weighted by Crippen LogP contribution is 2.33. The second kappa shape index (κ2) is 9.06. The third-order valence-corrected chi connectivity index (χ3v) is 6.05. The number of hydrogen-bond acceptors (Lipinski definition) is 5. The Labute approximate surface area is 193 Å². The van der Waals surface area contributed by atoms with Crippen LogP contribution >= 0.6 is 0 Å². The summed E-state index contributed by atoms with van der Waals surface area (Å²) in [5, 5.41) is 4.55. The molecule has 6 heteroatoms. The van der Waals surface area contributed by atoms with Crippen LogP contribution < -0.4 is 0 Å². The van der Waals surface area contributed by atoms with Crippen molar-refractivity contribution in [3.8, 4) is 22.5 Å². The number of aromatic nitrogens is 5. The second-order valence-electron chi connectivity index (χ2n) is 8.93. The predicted molar refractivity (Wildman–Crippen MR) is 128 cm³/mol. The number of nitrogens with zero attached hydrogens (tertiary/aromatic N) is 5. The Morgan fingerprint density at radius 1 is 0.970 bits per heavy atom. The summed E-state index contributed by atoms with van der Waals surface area (Å²) in [6.07, 6.45) is 10.6. The molecule has 1 saturated carbocycles. The van der Waals surface area contributed by atoms with E-state index in [4.69, 9.17) is 0 Å². The van der Waals surface area contributed by atoms with Crippen LogP contribution in [0.1, 0.15) is 46.6 Å². The standard InChI is InChI=1S/C27H27N5O/c1-18-3-7-25(30-14-18)21-11-22(26-9-10-31-32(26)17-20-4-5-20)13-23(12-21)27(33)8-6-24-16-28-19(2)15-29-24/h3,7,9-16,20H,4-6,8,17H2,1-2H3. The Kier molecular flexibility index (Phi) is 5.82. The second-order valence-corrected chi connectivity index (χ2v) is 8.93. The Morgan fingerprint density at radius 3 is 2.55 bits per heavy atom. The average molecular weight is 438 g/mol. The van der Waals surface area contributed by atoms with E-state index in [1.165, 1.54) is 12.8 Å². The predicted octanol–water partition coefficient (Wildman–Crippen LogP) is 5.24. The summed E-state index contributed by atoms with van der Waals surface area (Å²) in [6.45, 7) is 4.85. The summed E-state index contributed by atoms with van der Waals surface area (Å²) in [7, 11) is 0. The molecule has 4 aromatic rings. The molecule has 1 aliphatic rings. The van der Waals surface area contributed by atoms with Crippen LogP contribution in [-0.4, -0.2) is 30.5 Å². The van der Waals surface area contributed by atoms with Crippen LogP contribution in [0, 0.1) is 19.8 Å². The highest BCUT2D eigenvalue weighted by Gasteiger charge is 2.23. The molecular formula is C27H27N5O. The molecule has 0 atom stereocenters. The maximum Gasteiger partial charge on any atom is 0.163 e. The molecule has 0 bridgehead atoms. The number of pyridine rings is 1. The van der Waals surface area contributed by atoms with Crippen LogP contribution in [0.3, 0.4) is 0 Å². The van der Waals surface area contributed by atoms with Crippen molar-refractivity contribution < 1.29 is 4.79 Å². The van der Waals surface area contributed by atoms with Gasteiger partial charge in [-0.25, -0.2) is 0 Å². The van der Waals surface area contributed by atoms with Crippen molar-refractivity contribution in [1.82, 2.24) is 24.7 Å². The van der Waals surface area contributed by atoms with Gasteiger partial charge in [-0.1, -0.05) is 6.07 Å². The van der Waals surface area contributed by atoms with Gasteiger partial charge in [0.2, 0.25) is 0 Å². The van der Waals surface area contributed by atoms with Gasteiger partial charge in [-0.2, -0.15) is 5.10 Å². The molecule has 5 rings (SSSR count). The number of carbonyl (C=O) groups excluding carboxylic acids is 1. The summed E-state index contributed by atoms with van der Waals surface area (Å²) < 4.78 is 2.06. The summed E-state index contributed by atoms with van der Waals surface area (Å²) >= 11 is 0. The Morgan fingerprint density at radius 2 is 1.82 bits per heavy atom. The lowest BCUT2D eigenvalue weighted by atomic mass is 9.97. The minimum atomic E-state index is 0.0841. The van der Waals surface area contributed by atoms with Gasteiger partial charge in [0.15, 0.2) is 5.78 Å². The van der Waals surface area contributed by atoms with E-state index in [9.17, 15) is 4.79 Å². The molecule has 0 aliphatic heterocycles. The normalized spacial score (nSPS) is 13.3. The molecule has 0 spiro atoms. The van der Waals surface area contributed by atoms with Gasteiger partial charge in [0.05, 0.1) is 22.8 Å². The number of rotatable bonds is 8. The lowest BCUT2D eigenvalue weighted by molar-refractivity contribution is 0.0982. The number of benzene rings is 1. The third kappa shape index (κ3) is 5.06. The van der Waals surface area contributed by atoms with Gasteiger partial charge in [-0.3, -0.25) is 24.4 Å². The molecule has 0 radical (unpaired) electrons. The van der Waals surface area contributed by atoms with Crippen LogP contribution in [0.4, 0.5) is 0 Å². The minimum Gasteiger partial charge on any atom is -0.294 e. The molecule has 33 heavy (non-hydrogen) atoms. The first-order valence-electron chi connectivity index (χ1n) is 11.5. The maximum atomic E-state index is 13.2. The molecule has 6 nitrogen and oxygen atoms in total. The van der Waals surface area contributed by atoms with E-state index < -0.39 is 0 Å². The van der Waals surface area contributed by atoms with Gasteiger partial charge in [0, 0.05) is 54.4 Å². The number of ketones is 1. The van der Waals surface area contributed by atoms with E-state index in [0.717, 1.165) is 46.0 Å². The molecule has 1 aliphatic carbocycles. The summed E-state index contributed by atoms with van der Waals surface area (Å²) in [5.74, 6) is 0.795. The third-order valence-electron chi connectivity index (χ3n) is 6.05. The first-order valence-corrected chi connectivity index (χ1v) is 11.5. The van der Waals surface area contributed by atoms with Crippen molar-refractivity contribution in [2.24, 2.45) is 5.92 Å². The van der Waals surface area contributed by atoms with E-state index in [0.29, 0.717) is 24.3 Å². The Hall–Kier alpha value is -3.67. The van der Waals surface area contributed by atoms with E-state index in [1.54, 1.807) is 12.4 Å². The van der Waals surface area contributed by atoms with Crippen LogP contribution in [0.15, 0.2) is 61.2 Å². The zero-order chi connectivity index (χ0) is 22.8. The molecule has 1 aromatic carbocycles. The fourth-order valence-electron chi connectivity index (χ4n) is 3.93. The minimum absolute atomic E-state index is 0.0841. The van der Waals surface area contributed by atoms with Crippen molar-refractivity contribution in [3.63, 3.8) is 0 Å². The van der Waals surface area contributed by atoms with Crippen LogP contribution in [0.2, 0.25) is 0 Å². The van der Waals surface area contributed by atoms with Crippen LogP contribution in [0.25, 0.3) is 22.5 Å². The molecule has 3 heterocycles. The Balaban J connectivity index is 1.48. The van der Waals surface area contributed by atoms with Gasteiger partial charge < -0.3 is 0 Å². The summed E-state index contributed by atoms with van der Waals surface area (Å²) in [6, 6.07) is 12.1. The molecule has 166 valence electrons. The number of carbonyl (C=O) groups is 1. The van der Waals surface area contributed by atoms with Gasteiger partial charge in [0.25, 0.3) is 0 Å². The highest BCUT2D eigenvalue weighted by molar-refractivity contribution is 5.98. The monoisotopic (exact) mass is 437 g/mol. The lowest BCUT2D eigenvalue weighted by Gasteiger charge is -2.12. The number of aryl methyl sites for hydroxylation is 3. The average Bonchev–Trinajstić information content (AvgIpc) is 3.53. The summed E-state index contributed by atoms with van der Waals surface area (Å²) in [5.41, 5.74) is 7.31. The molecule has 0 saturated heterocycles. The van der Waals surface area contributed by atoms with Crippen LogP contribution in [-0.2, 0) is 13.0 Å². The molecule has 0 unspecified atom stereocenters. The SMILES string of the molecule is Cc1ccc(-c2cc(C(=O)CCc3cnc(C)cn3)cc(-c3ccnn3CC3CC3)c2)nc1. The first kappa shape index (κ1) is 21.2. The molecule has 3 aromatic heterocycles. The van der Waals surface area contributed by atoms with Crippen LogP contribution in [0.5, 0.6) is 0 Å².